The maximum atomic E-state index is 5.97. The number of nitrogens with zero attached hydrogens (tertiary/aromatic N) is 3. The number of aromatic nitrogens is 3. The van der Waals surface area contributed by atoms with Crippen molar-refractivity contribution in [1.29, 1.82) is 0 Å². The number of nitrogens with one attached hydrogen (secondary N) is 2. The molecule has 22 heavy (non-hydrogen) atoms. The maximum Gasteiger partial charge on any atom is 0.249 e. The number of halogens is 1. The van der Waals surface area contributed by atoms with Crippen LogP contribution in [-0.4, -0.2) is 21.2 Å². The molecule has 2 N–H and O–H groups in total. The molecule has 1 fully saturated rings. The van der Waals surface area contributed by atoms with E-state index < -0.39 is 0 Å². The maximum absolute atomic E-state index is 5.97. The third-order valence-electron chi connectivity index (χ3n) is 3.95. The second-order valence-electron chi connectivity index (χ2n) is 5.73. The van der Waals surface area contributed by atoms with Crippen LogP contribution in [0.15, 0.2) is 24.4 Å². The van der Waals surface area contributed by atoms with Gasteiger partial charge in [-0.25, -0.2) is 0 Å². The van der Waals surface area contributed by atoms with Gasteiger partial charge < -0.3 is 10.6 Å². The van der Waals surface area contributed by atoms with Crippen LogP contribution in [0.2, 0.25) is 5.02 Å². The van der Waals surface area contributed by atoms with Crippen LogP contribution in [0.1, 0.15) is 37.7 Å². The molecule has 1 aliphatic carbocycles. The highest BCUT2D eigenvalue weighted by Crippen LogP contribution is 2.23. The van der Waals surface area contributed by atoms with E-state index in [4.69, 9.17) is 11.6 Å². The SMILES string of the molecule is Cc1cc(Cl)ccc1Nc1nncc(NC2CCCCC2)n1. The summed E-state index contributed by atoms with van der Waals surface area (Å²) >= 11 is 5.97. The van der Waals surface area contributed by atoms with E-state index in [-0.39, 0.29) is 0 Å². The van der Waals surface area contributed by atoms with Gasteiger partial charge in [-0.15, -0.1) is 5.10 Å². The van der Waals surface area contributed by atoms with Gasteiger partial charge >= 0.3 is 0 Å². The third-order valence-corrected chi connectivity index (χ3v) is 4.19. The molecule has 0 atom stereocenters. The van der Waals surface area contributed by atoms with Crippen molar-refractivity contribution < 1.29 is 0 Å². The van der Waals surface area contributed by atoms with Crippen molar-refractivity contribution in [2.45, 2.75) is 45.1 Å². The van der Waals surface area contributed by atoms with Gasteiger partial charge in [0.2, 0.25) is 5.95 Å². The molecule has 0 saturated heterocycles. The van der Waals surface area contributed by atoms with Gasteiger partial charge in [-0.05, 0) is 43.5 Å². The molecule has 0 unspecified atom stereocenters. The fourth-order valence-electron chi connectivity index (χ4n) is 2.77. The van der Waals surface area contributed by atoms with Crippen LogP contribution in [0.25, 0.3) is 0 Å². The number of rotatable bonds is 4. The summed E-state index contributed by atoms with van der Waals surface area (Å²) in [5, 5.41) is 15.4. The minimum absolute atomic E-state index is 0.492. The van der Waals surface area contributed by atoms with E-state index in [0.29, 0.717) is 12.0 Å². The lowest BCUT2D eigenvalue weighted by molar-refractivity contribution is 0.461. The third kappa shape index (κ3) is 3.85. The molecule has 1 aromatic heterocycles. The summed E-state index contributed by atoms with van der Waals surface area (Å²) in [5.41, 5.74) is 1.97. The van der Waals surface area contributed by atoms with Crippen molar-refractivity contribution in [2.24, 2.45) is 0 Å². The summed E-state index contributed by atoms with van der Waals surface area (Å²) in [5.74, 6) is 1.27. The average molecular weight is 318 g/mol. The summed E-state index contributed by atoms with van der Waals surface area (Å²) < 4.78 is 0. The Morgan fingerprint density at radius 2 is 2.00 bits per heavy atom. The summed E-state index contributed by atoms with van der Waals surface area (Å²) in [6, 6.07) is 6.16. The lowest BCUT2D eigenvalue weighted by Crippen LogP contribution is -2.23. The number of hydrogen-bond donors (Lipinski definition) is 2. The van der Waals surface area contributed by atoms with Crippen molar-refractivity contribution in [3.8, 4) is 0 Å². The first kappa shape index (κ1) is 15.0. The van der Waals surface area contributed by atoms with Crippen LogP contribution < -0.4 is 10.6 Å². The Bertz CT molecular complexity index is 640. The Morgan fingerprint density at radius 3 is 2.77 bits per heavy atom. The van der Waals surface area contributed by atoms with E-state index in [9.17, 15) is 0 Å². The van der Waals surface area contributed by atoms with Crippen molar-refractivity contribution >= 4 is 29.1 Å². The van der Waals surface area contributed by atoms with E-state index in [0.717, 1.165) is 22.1 Å². The fourth-order valence-corrected chi connectivity index (χ4v) is 3.00. The number of hydrogen-bond acceptors (Lipinski definition) is 5. The second-order valence-corrected chi connectivity index (χ2v) is 6.17. The molecule has 0 amide bonds. The molecule has 0 bridgehead atoms. The minimum atomic E-state index is 0.492. The summed E-state index contributed by atoms with van der Waals surface area (Å²) in [6.45, 7) is 1.99. The van der Waals surface area contributed by atoms with Crippen LogP contribution in [0, 0.1) is 6.92 Å². The molecule has 3 rings (SSSR count). The Balaban J connectivity index is 1.70. The lowest BCUT2D eigenvalue weighted by Gasteiger charge is -2.23. The quantitative estimate of drug-likeness (QED) is 0.879. The molecule has 2 aromatic rings. The largest absolute Gasteiger partial charge is 0.366 e. The zero-order valence-corrected chi connectivity index (χ0v) is 13.4. The highest BCUT2D eigenvalue weighted by molar-refractivity contribution is 6.30. The molecule has 0 aliphatic heterocycles. The Kier molecular flexibility index (Phi) is 4.73. The zero-order valence-electron chi connectivity index (χ0n) is 12.6. The molecular weight excluding hydrogens is 298 g/mol. The molecule has 5 nitrogen and oxygen atoms in total. The van der Waals surface area contributed by atoms with Gasteiger partial charge in [0.05, 0.1) is 6.20 Å². The van der Waals surface area contributed by atoms with Gasteiger partial charge in [0.15, 0.2) is 5.82 Å². The Labute approximate surface area is 135 Å². The van der Waals surface area contributed by atoms with E-state index >= 15 is 0 Å². The topological polar surface area (TPSA) is 62.7 Å². The van der Waals surface area contributed by atoms with Crippen molar-refractivity contribution in [1.82, 2.24) is 15.2 Å². The Hall–Kier alpha value is -1.88. The van der Waals surface area contributed by atoms with Crippen molar-refractivity contribution in [2.75, 3.05) is 10.6 Å². The van der Waals surface area contributed by atoms with E-state index in [1.54, 1.807) is 6.20 Å². The van der Waals surface area contributed by atoms with Gasteiger partial charge in [-0.1, -0.05) is 30.9 Å². The van der Waals surface area contributed by atoms with Crippen LogP contribution >= 0.6 is 11.6 Å². The van der Waals surface area contributed by atoms with Crippen LogP contribution in [0.4, 0.5) is 17.5 Å². The van der Waals surface area contributed by atoms with E-state index in [1.807, 2.05) is 25.1 Å². The first-order valence-corrected chi connectivity index (χ1v) is 8.08. The van der Waals surface area contributed by atoms with Gasteiger partial charge in [0.1, 0.15) is 0 Å². The van der Waals surface area contributed by atoms with Crippen LogP contribution in [0.5, 0.6) is 0 Å². The first-order chi connectivity index (χ1) is 10.7. The molecule has 1 heterocycles. The van der Waals surface area contributed by atoms with E-state index in [1.165, 1.54) is 32.1 Å². The average Bonchev–Trinajstić information content (AvgIpc) is 2.52. The van der Waals surface area contributed by atoms with Gasteiger partial charge in [-0.2, -0.15) is 10.1 Å². The molecule has 0 radical (unpaired) electrons. The predicted octanol–water partition coefficient (Wildman–Crippen LogP) is 4.32. The molecule has 1 aliphatic rings. The monoisotopic (exact) mass is 317 g/mol. The summed E-state index contributed by atoms with van der Waals surface area (Å²) in [7, 11) is 0. The van der Waals surface area contributed by atoms with Crippen molar-refractivity contribution in [3.63, 3.8) is 0 Å². The van der Waals surface area contributed by atoms with Gasteiger partial charge in [0, 0.05) is 16.8 Å². The number of anilines is 3. The van der Waals surface area contributed by atoms with Gasteiger partial charge in [0.25, 0.3) is 0 Å². The number of benzene rings is 1. The standard InChI is InChI=1S/C16H20ClN5/c1-11-9-12(17)7-8-14(11)20-16-21-15(10-18-22-16)19-13-5-3-2-4-6-13/h7-10,13H,2-6H2,1H3,(H2,19,20,21,22). The first-order valence-electron chi connectivity index (χ1n) is 7.70. The fraction of sp³-hybridized carbons (Fsp3) is 0.438. The highest BCUT2D eigenvalue weighted by Gasteiger charge is 2.14. The van der Waals surface area contributed by atoms with Crippen molar-refractivity contribution in [3.05, 3.63) is 35.0 Å². The molecule has 6 heteroatoms. The number of aryl methyl sites for hydroxylation is 1. The minimum Gasteiger partial charge on any atom is -0.366 e. The Morgan fingerprint density at radius 1 is 1.18 bits per heavy atom. The lowest BCUT2D eigenvalue weighted by atomic mass is 9.96. The smallest absolute Gasteiger partial charge is 0.249 e. The molecule has 0 spiro atoms. The van der Waals surface area contributed by atoms with Crippen LogP contribution in [0.3, 0.4) is 0 Å². The van der Waals surface area contributed by atoms with Gasteiger partial charge in [-0.3, -0.25) is 0 Å². The molecule has 116 valence electrons. The zero-order chi connectivity index (χ0) is 15.4. The van der Waals surface area contributed by atoms with E-state index in [2.05, 4.69) is 25.8 Å². The summed E-state index contributed by atoms with van der Waals surface area (Å²) in [6.07, 6.45) is 7.97. The molecular formula is C16H20ClN5. The van der Waals surface area contributed by atoms with Crippen LogP contribution in [-0.2, 0) is 0 Å². The predicted molar refractivity (Wildman–Crippen MR) is 89.8 cm³/mol. The molecule has 1 aromatic carbocycles. The molecule has 1 saturated carbocycles. The highest BCUT2D eigenvalue weighted by atomic mass is 35.5. The normalized spacial score (nSPS) is 15.5. The summed E-state index contributed by atoms with van der Waals surface area (Å²) in [4.78, 5) is 4.50. The second kappa shape index (κ2) is 6.92.